The van der Waals surface area contributed by atoms with Gasteiger partial charge in [0.25, 0.3) is 0 Å². The van der Waals surface area contributed by atoms with Crippen molar-refractivity contribution >= 4 is 5.57 Å². The first-order chi connectivity index (χ1) is 14.3. The average Bonchev–Trinajstić information content (AvgIpc) is 3.41. The molecule has 0 aliphatic heterocycles. The first-order valence-electron chi connectivity index (χ1n) is 12.2. The molecule has 0 aromatic heterocycles. The minimum atomic E-state index is 0.599. The molecule has 2 saturated carbocycles. The van der Waals surface area contributed by atoms with Crippen LogP contribution in [0.25, 0.3) is 5.57 Å². The summed E-state index contributed by atoms with van der Waals surface area (Å²) < 4.78 is 0. The van der Waals surface area contributed by atoms with E-state index in [1.165, 1.54) is 57.8 Å². The van der Waals surface area contributed by atoms with Crippen LogP contribution in [-0.2, 0) is 12.8 Å². The summed E-state index contributed by atoms with van der Waals surface area (Å²) in [5.74, 6) is 4.18. The van der Waals surface area contributed by atoms with Crippen LogP contribution >= 0.6 is 0 Å². The van der Waals surface area contributed by atoms with Crippen LogP contribution < -0.4 is 0 Å². The van der Waals surface area contributed by atoms with Crippen LogP contribution in [0.3, 0.4) is 0 Å². The lowest BCUT2D eigenvalue weighted by atomic mass is 9.72. The van der Waals surface area contributed by atoms with Gasteiger partial charge in [-0.15, -0.1) is 0 Å². The topological polar surface area (TPSA) is 0 Å². The third-order valence-electron chi connectivity index (χ3n) is 8.77. The SMILES string of the molecule is CCC1C=C(C2C[C@H]3CC[C@@H]2C3)c2ccc([C@@H]3CCCc4ccccc43)cc2C1. The van der Waals surface area contributed by atoms with Crippen LogP contribution in [0.5, 0.6) is 0 Å². The Morgan fingerprint density at radius 1 is 0.931 bits per heavy atom. The summed E-state index contributed by atoms with van der Waals surface area (Å²) in [5.41, 5.74) is 9.74. The lowest BCUT2D eigenvalue weighted by Gasteiger charge is -2.33. The van der Waals surface area contributed by atoms with Crippen molar-refractivity contribution in [2.24, 2.45) is 23.7 Å². The molecule has 0 N–H and O–H groups in total. The van der Waals surface area contributed by atoms with Gasteiger partial charge in [0.15, 0.2) is 0 Å². The minimum absolute atomic E-state index is 0.599. The van der Waals surface area contributed by atoms with E-state index in [1.54, 1.807) is 33.4 Å². The highest BCUT2D eigenvalue weighted by molar-refractivity contribution is 5.73. The zero-order valence-corrected chi connectivity index (χ0v) is 17.9. The van der Waals surface area contributed by atoms with E-state index < -0.39 is 0 Å². The molecule has 0 heteroatoms. The van der Waals surface area contributed by atoms with Gasteiger partial charge in [-0.3, -0.25) is 0 Å². The second-order valence-corrected chi connectivity index (χ2v) is 10.3. The summed E-state index contributed by atoms with van der Waals surface area (Å²) in [6.45, 7) is 2.38. The van der Waals surface area contributed by atoms with Gasteiger partial charge in [0.1, 0.15) is 0 Å². The van der Waals surface area contributed by atoms with Crippen molar-refractivity contribution in [3.8, 4) is 0 Å². The van der Waals surface area contributed by atoms with Gasteiger partial charge < -0.3 is 0 Å². The number of fused-ring (bicyclic) bond motifs is 4. The Morgan fingerprint density at radius 3 is 2.69 bits per heavy atom. The van der Waals surface area contributed by atoms with E-state index in [0.29, 0.717) is 5.92 Å². The molecule has 0 radical (unpaired) electrons. The van der Waals surface area contributed by atoms with Gasteiger partial charge >= 0.3 is 0 Å². The summed E-state index contributed by atoms with van der Waals surface area (Å²) in [4.78, 5) is 0. The van der Waals surface area contributed by atoms with Gasteiger partial charge in [-0.2, -0.15) is 0 Å². The third-order valence-corrected chi connectivity index (χ3v) is 8.77. The predicted octanol–water partition coefficient (Wildman–Crippen LogP) is 7.56. The molecule has 29 heavy (non-hydrogen) atoms. The summed E-state index contributed by atoms with van der Waals surface area (Å²) in [6.07, 6.45) is 15.1. The quantitative estimate of drug-likeness (QED) is 0.514. The van der Waals surface area contributed by atoms with E-state index in [9.17, 15) is 0 Å². The van der Waals surface area contributed by atoms with Crippen LogP contribution in [0.2, 0.25) is 0 Å². The molecular formula is C29H34. The van der Waals surface area contributed by atoms with Crippen molar-refractivity contribution in [2.45, 2.75) is 70.6 Å². The molecule has 0 amide bonds. The number of benzene rings is 2. The number of rotatable bonds is 3. The first kappa shape index (κ1) is 18.0. The molecule has 0 spiro atoms. The molecule has 4 aliphatic carbocycles. The van der Waals surface area contributed by atoms with E-state index in [1.807, 2.05) is 0 Å². The predicted molar refractivity (Wildman–Crippen MR) is 122 cm³/mol. The average molecular weight is 383 g/mol. The Bertz CT molecular complexity index is 948. The molecule has 2 aromatic carbocycles. The van der Waals surface area contributed by atoms with Crippen molar-refractivity contribution in [2.75, 3.05) is 0 Å². The van der Waals surface area contributed by atoms with E-state index in [4.69, 9.17) is 0 Å². The first-order valence-corrected chi connectivity index (χ1v) is 12.2. The molecule has 2 unspecified atom stereocenters. The Balaban J connectivity index is 1.38. The molecule has 2 aromatic rings. The lowest BCUT2D eigenvalue weighted by molar-refractivity contribution is 0.401. The van der Waals surface area contributed by atoms with Crippen molar-refractivity contribution in [1.29, 1.82) is 0 Å². The zero-order valence-electron chi connectivity index (χ0n) is 17.9. The molecule has 0 saturated heterocycles. The summed E-state index contributed by atoms with van der Waals surface area (Å²) >= 11 is 0. The summed E-state index contributed by atoms with van der Waals surface area (Å²) in [7, 11) is 0. The Kier molecular flexibility index (Phi) is 4.44. The molecular weight excluding hydrogens is 348 g/mol. The van der Waals surface area contributed by atoms with Gasteiger partial charge in [0.2, 0.25) is 0 Å². The van der Waals surface area contributed by atoms with Crippen LogP contribution in [-0.4, -0.2) is 0 Å². The standard InChI is InChI=1S/C29H34/c1-2-19-14-24-18-23(26-9-5-7-21-6-3-4-8-25(21)26)12-13-27(24)29(16-19)28-17-20-10-11-22(28)15-20/h3-4,6,8,12-13,16,18-20,22,26,28H,2,5,7,9-11,14-15,17H2,1H3/t19?,20-,22+,26-,28?/m0/s1. The minimum Gasteiger partial charge on any atom is -0.0770 e. The number of allylic oxidation sites excluding steroid dienone is 2. The summed E-state index contributed by atoms with van der Waals surface area (Å²) in [6, 6.07) is 16.8. The van der Waals surface area contributed by atoms with E-state index in [-0.39, 0.29) is 0 Å². The molecule has 6 rings (SSSR count). The van der Waals surface area contributed by atoms with E-state index in [2.05, 4.69) is 55.5 Å². The van der Waals surface area contributed by atoms with Gasteiger partial charge in [0.05, 0.1) is 0 Å². The molecule has 5 atom stereocenters. The van der Waals surface area contributed by atoms with Gasteiger partial charge in [0, 0.05) is 5.92 Å². The third kappa shape index (κ3) is 3.02. The van der Waals surface area contributed by atoms with Crippen LogP contribution in [0.1, 0.15) is 85.6 Å². The largest absolute Gasteiger partial charge is 0.0770 e. The maximum absolute atomic E-state index is 2.70. The maximum Gasteiger partial charge on any atom is 0.00922 e. The van der Waals surface area contributed by atoms with Gasteiger partial charge in [-0.05, 0) is 108 Å². The Morgan fingerprint density at radius 2 is 1.86 bits per heavy atom. The maximum atomic E-state index is 2.70. The van der Waals surface area contributed by atoms with Crippen LogP contribution in [0.4, 0.5) is 0 Å². The molecule has 150 valence electrons. The zero-order chi connectivity index (χ0) is 19.4. The smallest absolute Gasteiger partial charge is 0.00922 e. The summed E-state index contributed by atoms with van der Waals surface area (Å²) in [5, 5.41) is 0. The molecule has 0 heterocycles. The van der Waals surface area contributed by atoms with Crippen molar-refractivity contribution in [3.05, 3.63) is 76.4 Å². The van der Waals surface area contributed by atoms with Crippen LogP contribution in [0, 0.1) is 23.7 Å². The number of aryl methyl sites for hydroxylation is 1. The van der Waals surface area contributed by atoms with Crippen molar-refractivity contribution in [1.82, 2.24) is 0 Å². The molecule has 0 nitrogen and oxygen atoms in total. The van der Waals surface area contributed by atoms with Gasteiger partial charge in [-0.1, -0.05) is 61.9 Å². The lowest BCUT2D eigenvalue weighted by Crippen LogP contribution is -2.19. The van der Waals surface area contributed by atoms with Crippen LogP contribution in [0.15, 0.2) is 48.5 Å². The monoisotopic (exact) mass is 382 g/mol. The highest BCUT2D eigenvalue weighted by Crippen LogP contribution is 2.54. The molecule has 2 fully saturated rings. The highest BCUT2D eigenvalue weighted by atomic mass is 14.5. The Hall–Kier alpha value is -1.82. The highest BCUT2D eigenvalue weighted by Gasteiger charge is 2.42. The molecule has 4 aliphatic rings. The number of hydrogen-bond acceptors (Lipinski definition) is 0. The fourth-order valence-electron chi connectivity index (χ4n) is 7.28. The fourth-order valence-corrected chi connectivity index (χ4v) is 7.28. The number of hydrogen-bond donors (Lipinski definition) is 0. The Labute approximate surface area is 176 Å². The fraction of sp³-hybridized carbons (Fsp3) is 0.517. The normalized spacial score (nSPS) is 32.6. The second-order valence-electron chi connectivity index (χ2n) is 10.3. The molecule has 2 bridgehead atoms. The second kappa shape index (κ2) is 7.15. The van der Waals surface area contributed by atoms with E-state index >= 15 is 0 Å². The van der Waals surface area contributed by atoms with E-state index in [0.717, 1.165) is 23.7 Å². The van der Waals surface area contributed by atoms with Gasteiger partial charge in [-0.25, -0.2) is 0 Å². The van der Waals surface area contributed by atoms with Crippen molar-refractivity contribution < 1.29 is 0 Å². The van der Waals surface area contributed by atoms with Crippen molar-refractivity contribution in [3.63, 3.8) is 0 Å².